The van der Waals surface area contributed by atoms with E-state index in [9.17, 15) is 32.8 Å². The first-order chi connectivity index (χ1) is 32.0. The number of halogens is 2. The second kappa shape index (κ2) is 16.6. The molecular weight excluding hydrogens is 849 g/mol. The number of piperidine rings is 1. The molecule has 5 aliphatic heterocycles. The van der Waals surface area contributed by atoms with Crippen molar-refractivity contribution in [3.63, 3.8) is 0 Å². The molecule has 340 valence electrons. The minimum Gasteiger partial charge on any atom is -0.381 e. The molecule has 0 bridgehead atoms. The van der Waals surface area contributed by atoms with Crippen molar-refractivity contribution in [1.29, 1.82) is 0 Å². The molecule has 6 aliphatic rings. The summed E-state index contributed by atoms with van der Waals surface area (Å²) in [5, 5.41) is 17.0. The predicted octanol–water partition coefficient (Wildman–Crippen LogP) is 5.47. The zero-order valence-electron chi connectivity index (χ0n) is 36.2. The molecule has 1 saturated carbocycles. The molecule has 4 saturated heterocycles. The first-order valence-corrected chi connectivity index (χ1v) is 22.8. The number of amides is 5. The molecule has 1 aliphatic carbocycles. The zero-order chi connectivity index (χ0) is 45.3. The van der Waals surface area contributed by atoms with Crippen molar-refractivity contribution < 1.29 is 37.5 Å². The molecule has 66 heavy (non-hydrogen) atoms. The van der Waals surface area contributed by atoms with E-state index in [4.69, 9.17) is 4.74 Å². The summed E-state index contributed by atoms with van der Waals surface area (Å²) in [6.07, 6.45) is 4.40. The Balaban J connectivity index is 0.744. The Morgan fingerprint density at radius 3 is 2.26 bits per heavy atom. The van der Waals surface area contributed by atoms with Gasteiger partial charge in [0, 0.05) is 105 Å². The molecule has 4 N–H and O–H groups in total. The van der Waals surface area contributed by atoms with Gasteiger partial charge in [0.05, 0.1) is 22.2 Å². The average Bonchev–Trinajstić information content (AvgIpc) is 3.93. The van der Waals surface area contributed by atoms with Gasteiger partial charge in [-0.05, 0) is 110 Å². The van der Waals surface area contributed by atoms with E-state index in [1.54, 1.807) is 12.1 Å². The number of aromatic amines is 1. The van der Waals surface area contributed by atoms with Crippen molar-refractivity contribution in [2.45, 2.75) is 62.6 Å². The summed E-state index contributed by atoms with van der Waals surface area (Å²) in [6.45, 7) is 6.42. The van der Waals surface area contributed by atoms with E-state index >= 15 is 0 Å². The molecule has 5 aromatic rings. The van der Waals surface area contributed by atoms with E-state index in [1.165, 1.54) is 12.1 Å². The number of nitrogens with one attached hydrogen (secondary N) is 4. The van der Waals surface area contributed by atoms with Crippen LogP contribution < -0.4 is 25.8 Å². The minimum atomic E-state index is -0.993. The van der Waals surface area contributed by atoms with Gasteiger partial charge in [0.25, 0.3) is 17.7 Å². The third-order valence-corrected chi connectivity index (χ3v) is 14.5. The molecule has 0 spiro atoms. The number of nitrogens with zero attached hydrogens (tertiary/aromatic N) is 5. The lowest BCUT2D eigenvalue weighted by atomic mass is 9.86. The normalized spacial score (nSPS) is 21.2. The van der Waals surface area contributed by atoms with E-state index in [1.807, 2.05) is 36.4 Å². The van der Waals surface area contributed by atoms with Crippen LogP contribution in [0.15, 0.2) is 72.8 Å². The van der Waals surface area contributed by atoms with E-state index < -0.39 is 41.3 Å². The van der Waals surface area contributed by atoms with Gasteiger partial charge >= 0.3 is 0 Å². The molecule has 1 aromatic heterocycles. The Morgan fingerprint density at radius 2 is 1.52 bits per heavy atom. The van der Waals surface area contributed by atoms with Crippen LogP contribution in [0.4, 0.5) is 31.7 Å². The van der Waals surface area contributed by atoms with Crippen LogP contribution in [0.5, 0.6) is 0 Å². The number of rotatable bonds is 11. The highest BCUT2D eigenvalue weighted by atomic mass is 19.1. The number of hydrogen-bond donors (Lipinski definition) is 4. The Kier molecular flexibility index (Phi) is 10.6. The standard InChI is InChI=1S/C49H49F2N9O6/c50-31-20-29(21-32(51)23-31)19-28-1-6-40-39(22-28)44(56-55-40)54-45(62)37-5-3-35(25-41(37)52-33-9-17-66-18-10-33)57-13-15-59(16-14-57)49(11-12-49)30-26-58(27-30)34-2-4-36-38(24-34)48(65)60(47(36)64)42-7-8-43(61)53-46(42)63/h1-6,20-25,30,33,42,52H,7-19,26-27H2,(H,53,61,63)(H2,54,55,56,62). The minimum absolute atomic E-state index is 0.0773. The highest BCUT2D eigenvalue weighted by Crippen LogP contribution is 2.52. The quantitative estimate of drug-likeness (QED) is 0.124. The second-order valence-corrected chi connectivity index (χ2v) is 18.5. The van der Waals surface area contributed by atoms with Crippen LogP contribution in [0.3, 0.4) is 0 Å². The summed E-state index contributed by atoms with van der Waals surface area (Å²) in [4.78, 5) is 73.3. The van der Waals surface area contributed by atoms with Gasteiger partial charge in [0.15, 0.2) is 5.82 Å². The van der Waals surface area contributed by atoms with Crippen molar-refractivity contribution in [3.8, 4) is 0 Å². The summed E-state index contributed by atoms with van der Waals surface area (Å²) in [6, 6.07) is 19.5. The molecule has 5 fully saturated rings. The summed E-state index contributed by atoms with van der Waals surface area (Å²) >= 11 is 0. The molecule has 17 heteroatoms. The number of fused-ring (bicyclic) bond motifs is 2. The van der Waals surface area contributed by atoms with Gasteiger partial charge in [-0.3, -0.25) is 44.2 Å². The number of benzene rings is 4. The Hall–Kier alpha value is -6.72. The topological polar surface area (TPSA) is 172 Å². The third kappa shape index (κ3) is 7.72. The van der Waals surface area contributed by atoms with Gasteiger partial charge < -0.3 is 25.2 Å². The lowest BCUT2D eigenvalue weighted by molar-refractivity contribution is -0.136. The zero-order valence-corrected chi connectivity index (χ0v) is 36.2. The van der Waals surface area contributed by atoms with Crippen LogP contribution in [0.2, 0.25) is 0 Å². The Morgan fingerprint density at radius 1 is 0.788 bits per heavy atom. The van der Waals surface area contributed by atoms with Crippen molar-refractivity contribution in [2.75, 3.05) is 72.9 Å². The van der Waals surface area contributed by atoms with Gasteiger partial charge in [0.2, 0.25) is 11.8 Å². The summed E-state index contributed by atoms with van der Waals surface area (Å²) in [5.74, 6) is -2.78. The fraction of sp³-hybridized carbons (Fsp3) is 0.388. The highest BCUT2D eigenvalue weighted by Gasteiger charge is 2.57. The fourth-order valence-corrected chi connectivity index (χ4v) is 10.7. The van der Waals surface area contributed by atoms with Crippen molar-refractivity contribution >= 4 is 63.3 Å². The Bertz CT molecular complexity index is 2790. The predicted molar refractivity (Wildman–Crippen MR) is 242 cm³/mol. The van der Waals surface area contributed by atoms with Crippen LogP contribution in [0.1, 0.15) is 80.7 Å². The number of anilines is 4. The third-order valence-electron chi connectivity index (χ3n) is 14.5. The summed E-state index contributed by atoms with van der Waals surface area (Å²) in [5.41, 5.74) is 5.87. The first-order valence-electron chi connectivity index (χ1n) is 22.8. The molecule has 1 unspecified atom stereocenters. The molecule has 5 amide bonds. The summed E-state index contributed by atoms with van der Waals surface area (Å²) < 4.78 is 33.5. The fourth-order valence-electron chi connectivity index (χ4n) is 10.7. The largest absolute Gasteiger partial charge is 0.381 e. The molecule has 6 heterocycles. The SMILES string of the molecule is O=C1CCC(N2C(=O)c3ccc(N4CC(C5(N6CCN(c7ccc(C(=O)Nc8n[nH]c9ccc(Cc%10cc(F)cc(F)c%10)cc89)c(NC8CCOCC8)c7)CC6)CC5)C4)cc3C2=O)C(=O)N1. The van der Waals surface area contributed by atoms with Gasteiger partial charge in [0.1, 0.15) is 17.7 Å². The van der Waals surface area contributed by atoms with Gasteiger partial charge in [-0.1, -0.05) is 6.07 Å². The first kappa shape index (κ1) is 41.9. The van der Waals surface area contributed by atoms with Crippen molar-refractivity contribution in [3.05, 3.63) is 112 Å². The average molecular weight is 898 g/mol. The molecule has 15 nitrogen and oxygen atoms in total. The van der Waals surface area contributed by atoms with Crippen molar-refractivity contribution in [1.82, 2.24) is 25.3 Å². The molecule has 4 aromatic carbocycles. The van der Waals surface area contributed by atoms with Gasteiger partial charge in [-0.15, -0.1) is 0 Å². The lowest BCUT2D eigenvalue weighted by Crippen LogP contribution is -2.61. The molecule has 11 rings (SSSR count). The number of imide groups is 2. The summed E-state index contributed by atoms with van der Waals surface area (Å²) in [7, 11) is 0. The smallest absolute Gasteiger partial charge is 0.262 e. The van der Waals surface area contributed by atoms with E-state index in [0.29, 0.717) is 59.0 Å². The number of carbonyl (C=O) groups excluding carboxylic acids is 5. The van der Waals surface area contributed by atoms with E-state index in [-0.39, 0.29) is 35.9 Å². The highest BCUT2D eigenvalue weighted by molar-refractivity contribution is 6.23. The number of ether oxygens (including phenoxy) is 1. The number of hydrogen-bond acceptors (Lipinski definition) is 11. The molecule has 1 atom stereocenters. The number of H-pyrrole nitrogens is 1. The van der Waals surface area contributed by atoms with Crippen LogP contribution >= 0.6 is 0 Å². The second-order valence-electron chi connectivity index (χ2n) is 18.5. The van der Waals surface area contributed by atoms with Crippen LogP contribution in [-0.4, -0.2) is 120 Å². The van der Waals surface area contributed by atoms with E-state index in [0.717, 1.165) is 98.5 Å². The maximum absolute atomic E-state index is 14.1. The maximum Gasteiger partial charge on any atom is 0.262 e. The molecule has 0 radical (unpaired) electrons. The van der Waals surface area contributed by atoms with Crippen LogP contribution in [0.25, 0.3) is 10.9 Å². The van der Waals surface area contributed by atoms with Crippen LogP contribution in [-0.2, 0) is 20.7 Å². The van der Waals surface area contributed by atoms with Gasteiger partial charge in [-0.2, -0.15) is 5.10 Å². The maximum atomic E-state index is 14.1. The lowest BCUT2D eigenvalue weighted by Gasteiger charge is -2.51. The van der Waals surface area contributed by atoms with Crippen molar-refractivity contribution in [2.24, 2.45) is 5.92 Å². The monoisotopic (exact) mass is 897 g/mol. The van der Waals surface area contributed by atoms with Crippen LogP contribution in [0, 0.1) is 17.6 Å². The Labute approximate surface area is 378 Å². The molecular formula is C49H49F2N9O6. The van der Waals surface area contributed by atoms with E-state index in [2.05, 4.69) is 46.9 Å². The number of aromatic nitrogens is 2. The number of piperazine rings is 1. The number of carbonyl (C=O) groups is 5. The van der Waals surface area contributed by atoms with Gasteiger partial charge in [-0.25, -0.2) is 8.78 Å².